The number of rotatable bonds is 1. The molecule has 0 aliphatic carbocycles. The minimum atomic E-state index is 0.516. The summed E-state index contributed by atoms with van der Waals surface area (Å²) < 4.78 is 0. The van der Waals surface area contributed by atoms with Gasteiger partial charge in [0.25, 0.3) is 0 Å². The average Bonchev–Trinajstić information content (AvgIpc) is 2.23. The zero-order chi connectivity index (χ0) is 11.7. The minimum Gasteiger partial charge on any atom is -0.397 e. The molecule has 1 aromatic rings. The van der Waals surface area contributed by atoms with Crippen LogP contribution in [0.3, 0.4) is 0 Å². The number of thioether (sulfide) groups is 1. The highest BCUT2D eigenvalue weighted by Crippen LogP contribution is 2.33. The maximum atomic E-state index is 6.03. The monoisotopic (exact) mass is 256 g/mol. The summed E-state index contributed by atoms with van der Waals surface area (Å²) in [5.41, 5.74) is 7.92. The van der Waals surface area contributed by atoms with Gasteiger partial charge in [0.1, 0.15) is 0 Å². The molecule has 16 heavy (non-hydrogen) atoms. The van der Waals surface area contributed by atoms with Crippen LogP contribution in [-0.4, -0.2) is 23.6 Å². The van der Waals surface area contributed by atoms with E-state index in [9.17, 15) is 0 Å². The number of nitrogen functional groups attached to an aromatic ring is 1. The van der Waals surface area contributed by atoms with E-state index in [4.69, 9.17) is 17.3 Å². The van der Waals surface area contributed by atoms with Gasteiger partial charge in [-0.3, -0.25) is 0 Å². The summed E-state index contributed by atoms with van der Waals surface area (Å²) in [6.45, 7) is 5.58. The highest BCUT2D eigenvalue weighted by Gasteiger charge is 2.26. The summed E-state index contributed by atoms with van der Waals surface area (Å²) in [4.78, 5) is 2.38. The topological polar surface area (TPSA) is 29.3 Å². The first-order valence-electron chi connectivity index (χ1n) is 5.53. The van der Waals surface area contributed by atoms with Crippen LogP contribution in [0.25, 0.3) is 0 Å². The SMILES string of the molecule is CC1SCCN(c2ccc(Cl)cc2N)C1C. The predicted molar refractivity (Wildman–Crippen MR) is 74.6 cm³/mol. The molecule has 4 heteroatoms. The number of anilines is 2. The van der Waals surface area contributed by atoms with Crippen LogP contribution in [0.1, 0.15) is 13.8 Å². The van der Waals surface area contributed by atoms with Gasteiger partial charge in [0.15, 0.2) is 0 Å². The van der Waals surface area contributed by atoms with Gasteiger partial charge in [-0.2, -0.15) is 11.8 Å². The molecule has 1 aromatic carbocycles. The van der Waals surface area contributed by atoms with Crippen LogP contribution in [-0.2, 0) is 0 Å². The van der Waals surface area contributed by atoms with E-state index in [0.717, 1.165) is 23.7 Å². The molecular weight excluding hydrogens is 240 g/mol. The lowest BCUT2D eigenvalue weighted by molar-refractivity contribution is 0.628. The Balaban J connectivity index is 2.29. The Morgan fingerprint density at radius 3 is 2.88 bits per heavy atom. The first-order valence-corrected chi connectivity index (χ1v) is 6.95. The molecule has 2 atom stereocenters. The Hall–Kier alpha value is -0.540. The Labute approximate surface area is 106 Å². The second-order valence-corrected chi connectivity index (χ2v) is 6.13. The van der Waals surface area contributed by atoms with Crippen molar-refractivity contribution in [2.75, 3.05) is 22.9 Å². The van der Waals surface area contributed by atoms with Gasteiger partial charge in [0.2, 0.25) is 0 Å². The molecule has 2 rings (SSSR count). The van der Waals surface area contributed by atoms with Gasteiger partial charge in [-0.25, -0.2) is 0 Å². The molecule has 1 aliphatic rings. The fourth-order valence-corrected chi connectivity index (χ4v) is 3.34. The Bertz CT molecular complexity index is 383. The lowest BCUT2D eigenvalue weighted by atomic mass is 10.1. The van der Waals surface area contributed by atoms with Gasteiger partial charge < -0.3 is 10.6 Å². The number of hydrogen-bond donors (Lipinski definition) is 1. The minimum absolute atomic E-state index is 0.516. The van der Waals surface area contributed by atoms with Crippen molar-refractivity contribution in [3.63, 3.8) is 0 Å². The molecular formula is C12H17ClN2S. The van der Waals surface area contributed by atoms with E-state index in [0.29, 0.717) is 16.3 Å². The first-order chi connectivity index (χ1) is 7.59. The predicted octanol–water partition coefficient (Wildman–Crippen LogP) is 3.25. The summed E-state index contributed by atoms with van der Waals surface area (Å²) in [7, 11) is 0. The third kappa shape index (κ3) is 2.25. The maximum Gasteiger partial charge on any atom is 0.0604 e. The maximum absolute atomic E-state index is 6.03. The summed E-state index contributed by atoms with van der Waals surface area (Å²) in [5, 5.41) is 1.34. The van der Waals surface area contributed by atoms with E-state index in [1.807, 2.05) is 30.0 Å². The molecule has 2 unspecified atom stereocenters. The summed E-state index contributed by atoms with van der Waals surface area (Å²) in [6, 6.07) is 6.28. The molecule has 0 radical (unpaired) electrons. The van der Waals surface area contributed by atoms with Crippen LogP contribution in [0.4, 0.5) is 11.4 Å². The average molecular weight is 257 g/mol. The third-order valence-corrected chi connectivity index (χ3v) is 4.76. The lowest BCUT2D eigenvalue weighted by Crippen LogP contribution is -2.45. The Morgan fingerprint density at radius 1 is 1.44 bits per heavy atom. The smallest absolute Gasteiger partial charge is 0.0604 e. The summed E-state index contributed by atoms with van der Waals surface area (Å²) in [5.74, 6) is 1.16. The second-order valence-electron chi connectivity index (χ2n) is 4.21. The second kappa shape index (κ2) is 4.76. The van der Waals surface area contributed by atoms with Crippen molar-refractivity contribution in [2.45, 2.75) is 25.1 Å². The molecule has 0 saturated carbocycles. The van der Waals surface area contributed by atoms with Crippen molar-refractivity contribution in [2.24, 2.45) is 0 Å². The normalized spacial score (nSPS) is 25.8. The van der Waals surface area contributed by atoms with Crippen LogP contribution < -0.4 is 10.6 Å². The molecule has 0 spiro atoms. The molecule has 0 amide bonds. The highest BCUT2D eigenvalue weighted by molar-refractivity contribution is 8.00. The van der Waals surface area contributed by atoms with Gasteiger partial charge >= 0.3 is 0 Å². The molecule has 0 aromatic heterocycles. The zero-order valence-electron chi connectivity index (χ0n) is 9.61. The van der Waals surface area contributed by atoms with Crippen LogP contribution in [0.15, 0.2) is 18.2 Å². The molecule has 1 aliphatic heterocycles. The van der Waals surface area contributed by atoms with E-state index in [1.54, 1.807) is 0 Å². The molecule has 1 heterocycles. The van der Waals surface area contributed by atoms with E-state index in [2.05, 4.69) is 18.7 Å². The zero-order valence-corrected chi connectivity index (χ0v) is 11.2. The quantitative estimate of drug-likeness (QED) is 0.782. The number of halogens is 1. The number of nitrogens with zero attached hydrogens (tertiary/aromatic N) is 1. The number of benzene rings is 1. The number of nitrogens with two attached hydrogens (primary N) is 1. The van der Waals surface area contributed by atoms with Crippen LogP contribution in [0.2, 0.25) is 5.02 Å². The van der Waals surface area contributed by atoms with E-state index in [-0.39, 0.29) is 0 Å². The molecule has 0 bridgehead atoms. The standard InChI is InChI=1S/C12H17ClN2S/c1-8-9(2)16-6-5-15(8)12-4-3-10(13)7-11(12)14/h3-4,7-9H,5-6,14H2,1-2H3. The van der Waals surface area contributed by atoms with E-state index in [1.165, 1.54) is 0 Å². The van der Waals surface area contributed by atoms with Gasteiger partial charge in [-0.1, -0.05) is 18.5 Å². The van der Waals surface area contributed by atoms with Crippen molar-refractivity contribution in [1.29, 1.82) is 0 Å². The Kier molecular flexibility index (Phi) is 3.55. The number of hydrogen-bond acceptors (Lipinski definition) is 3. The van der Waals surface area contributed by atoms with Crippen LogP contribution in [0.5, 0.6) is 0 Å². The summed E-state index contributed by atoms with van der Waals surface area (Å²) in [6.07, 6.45) is 0. The fourth-order valence-electron chi connectivity index (χ4n) is 2.06. The van der Waals surface area contributed by atoms with Crippen LogP contribution >= 0.6 is 23.4 Å². The molecule has 2 nitrogen and oxygen atoms in total. The highest BCUT2D eigenvalue weighted by atomic mass is 35.5. The van der Waals surface area contributed by atoms with Crippen LogP contribution in [0, 0.1) is 0 Å². The largest absolute Gasteiger partial charge is 0.397 e. The van der Waals surface area contributed by atoms with Crippen molar-refractivity contribution in [3.05, 3.63) is 23.2 Å². The van der Waals surface area contributed by atoms with Gasteiger partial charge in [-0.05, 0) is 25.1 Å². The first kappa shape index (κ1) is 11.9. The van der Waals surface area contributed by atoms with Gasteiger partial charge in [0.05, 0.1) is 11.4 Å². The van der Waals surface area contributed by atoms with Crippen molar-refractivity contribution in [3.8, 4) is 0 Å². The van der Waals surface area contributed by atoms with Gasteiger partial charge in [0, 0.05) is 28.6 Å². The lowest BCUT2D eigenvalue weighted by Gasteiger charge is -2.39. The molecule has 88 valence electrons. The van der Waals surface area contributed by atoms with E-state index >= 15 is 0 Å². The third-order valence-electron chi connectivity index (χ3n) is 3.18. The Morgan fingerprint density at radius 2 is 2.19 bits per heavy atom. The van der Waals surface area contributed by atoms with Gasteiger partial charge in [-0.15, -0.1) is 0 Å². The van der Waals surface area contributed by atoms with Crippen molar-refractivity contribution in [1.82, 2.24) is 0 Å². The van der Waals surface area contributed by atoms with E-state index < -0.39 is 0 Å². The summed E-state index contributed by atoms with van der Waals surface area (Å²) >= 11 is 7.94. The molecule has 2 N–H and O–H groups in total. The van der Waals surface area contributed by atoms with Crippen molar-refractivity contribution >= 4 is 34.7 Å². The fraction of sp³-hybridized carbons (Fsp3) is 0.500. The van der Waals surface area contributed by atoms with Crippen molar-refractivity contribution < 1.29 is 0 Å². The molecule has 1 fully saturated rings. The molecule has 1 saturated heterocycles.